The van der Waals surface area contributed by atoms with E-state index in [1.54, 1.807) is 25.3 Å². The van der Waals surface area contributed by atoms with Crippen molar-refractivity contribution >= 4 is 51.0 Å². The van der Waals surface area contributed by atoms with Crippen molar-refractivity contribution < 1.29 is 9.53 Å². The number of benzene rings is 3. The van der Waals surface area contributed by atoms with Crippen LogP contribution in [0, 0.1) is 6.92 Å². The number of H-pyrrole nitrogens is 1. The van der Waals surface area contributed by atoms with Crippen LogP contribution in [0.15, 0.2) is 66.7 Å². The van der Waals surface area contributed by atoms with E-state index in [4.69, 9.17) is 15.5 Å². The van der Waals surface area contributed by atoms with Crippen LogP contribution in [0.1, 0.15) is 16.1 Å². The monoisotopic (exact) mass is 533 g/mol. The lowest BCUT2D eigenvalue weighted by molar-refractivity contribution is 0.100. The van der Waals surface area contributed by atoms with Crippen molar-refractivity contribution in [3.05, 3.63) is 78.0 Å². The fourth-order valence-electron chi connectivity index (χ4n) is 4.61. The van der Waals surface area contributed by atoms with E-state index in [1.807, 2.05) is 66.1 Å². The van der Waals surface area contributed by atoms with Gasteiger partial charge < -0.3 is 25.7 Å². The molecule has 6 aromatic rings. The van der Waals surface area contributed by atoms with Crippen molar-refractivity contribution in [3.63, 3.8) is 0 Å². The SMILES string of the molecule is COc1cc(N(C)c2ccc3c(C)n(C)nc3c2)nc(Nc2ccc(-c3nc4c(C(N)=O)cccc4[nH]3)cc2)n1. The Hall–Kier alpha value is -5.45. The Morgan fingerprint density at radius 2 is 1.85 bits per heavy atom. The van der Waals surface area contributed by atoms with Crippen LogP contribution in [-0.4, -0.2) is 49.8 Å². The first-order valence-electron chi connectivity index (χ1n) is 12.6. The lowest BCUT2D eigenvalue weighted by Gasteiger charge is -2.19. The topological polar surface area (TPSA) is 140 Å². The second-order valence-electron chi connectivity index (χ2n) is 9.42. The lowest BCUT2D eigenvalue weighted by atomic mass is 10.2. The number of hydrogen-bond acceptors (Lipinski definition) is 8. The number of nitrogens with one attached hydrogen (secondary N) is 2. The van der Waals surface area contributed by atoms with E-state index in [2.05, 4.69) is 38.4 Å². The van der Waals surface area contributed by atoms with Gasteiger partial charge in [-0.1, -0.05) is 6.07 Å². The van der Waals surface area contributed by atoms with Gasteiger partial charge in [-0.2, -0.15) is 15.1 Å². The lowest BCUT2D eigenvalue weighted by Crippen LogP contribution is -2.13. The van der Waals surface area contributed by atoms with Crippen molar-refractivity contribution in [1.29, 1.82) is 0 Å². The fraction of sp³-hybridized carbons (Fsp3) is 0.138. The third-order valence-electron chi connectivity index (χ3n) is 6.94. The number of hydrogen-bond donors (Lipinski definition) is 3. The summed E-state index contributed by atoms with van der Waals surface area (Å²) in [5.74, 6) is 1.60. The molecule has 0 bridgehead atoms. The van der Waals surface area contributed by atoms with Gasteiger partial charge in [0.15, 0.2) is 0 Å². The van der Waals surface area contributed by atoms with Gasteiger partial charge in [-0.05, 0) is 61.5 Å². The number of aromatic amines is 1. The molecule has 0 radical (unpaired) electrons. The zero-order valence-electron chi connectivity index (χ0n) is 22.4. The number of nitrogens with zero attached hydrogens (tertiary/aromatic N) is 6. The standard InChI is InChI=1S/C29H27N9O2/c1-16-20-13-12-19(14-23(20)36-38(16)3)37(2)24-15-25(40-4)34-29(33-24)31-18-10-8-17(9-11-18)28-32-22-7-5-6-21(27(30)39)26(22)35-28/h5-15H,1-4H3,(H2,30,39)(H,32,35)(H,31,33,34). The van der Waals surface area contributed by atoms with Crippen LogP contribution in [0.5, 0.6) is 5.88 Å². The maximum atomic E-state index is 11.8. The minimum Gasteiger partial charge on any atom is -0.481 e. The maximum absolute atomic E-state index is 11.8. The molecule has 200 valence electrons. The number of aryl methyl sites for hydroxylation is 2. The number of para-hydroxylation sites is 1. The average molecular weight is 534 g/mol. The summed E-state index contributed by atoms with van der Waals surface area (Å²) in [5.41, 5.74) is 11.8. The summed E-state index contributed by atoms with van der Waals surface area (Å²) in [6, 6.07) is 20.9. The van der Waals surface area contributed by atoms with E-state index in [1.165, 1.54) is 0 Å². The van der Waals surface area contributed by atoms with Crippen molar-refractivity contribution in [2.75, 3.05) is 24.4 Å². The molecule has 40 heavy (non-hydrogen) atoms. The minimum atomic E-state index is -0.515. The molecule has 0 unspecified atom stereocenters. The van der Waals surface area contributed by atoms with Crippen LogP contribution in [0.4, 0.5) is 23.1 Å². The largest absolute Gasteiger partial charge is 0.481 e. The van der Waals surface area contributed by atoms with Gasteiger partial charge >= 0.3 is 0 Å². The Morgan fingerprint density at radius 3 is 2.60 bits per heavy atom. The number of rotatable bonds is 7. The first-order chi connectivity index (χ1) is 19.3. The van der Waals surface area contributed by atoms with Crippen molar-refractivity contribution in [1.82, 2.24) is 29.7 Å². The number of carbonyl (C=O) groups is 1. The summed E-state index contributed by atoms with van der Waals surface area (Å²) in [6.45, 7) is 2.05. The summed E-state index contributed by atoms with van der Waals surface area (Å²) in [7, 11) is 5.45. The Balaban J connectivity index is 1.26. The molecule has 11 nitrogen and oxygen atoms in total. The third kappa shape index (κ3) is 4.43. The van der Waals surface area contributed by atoms with E-state index >= 15 is 0 Å². The number of ether oxygens (including phenoxy) is 1. The summed E-state index contributed by atoms with van der Waals surface area (Å²) in [4.78, 5) is 30.8. The molecule has 1 amide bonds. The van der Waals surface area contributed by atoms with E-state index in [0.29, 0.717) is 34.6 Å². The van der Waals surface area contributed by atoms with Crippen molar-refractivity contribution in [3.8, 4) is 17.3 Å². The Bertz CT molecular complexity index is 1890. The van der Waals surface area contributed by atoms with Crippen molar-refractivity contribution in [2.24, 2.45) is 12.8 Å². The molecule has 0 atom stereocenters. The van der Waals surface area contributed by atoms with Gasteiger partial charge in [0, 0.05) is 48.2 Å². The van der Waals surface area contributed by atoms with Gasteiger partial charge in [-0.15, -0.1) is 0 Å². The predicted octanol–water partition coefficient (Wildman–Crippen LogP) is 4.83. The molecule has 6 rings (SSSR count). The molecule has 0 saturated carbocycles. The summed E-state index contributed by atoms with van der Waals surface area (Å²) < 4.78 is 7.34. The highest BCUT2D eigenvalue weighted by molar-refractivity contribution is 6.04. The van der Waals surface area contributed by atoms with E-state index in [-0.39, 0.29) is 0 Å². The molecule has 0 aliphatic rings. The number of carbonyl (C=O) groups excluding carboxylic acids is 1. The first kappa shape index (κ1) is 24.9. The Kier molecular flexibility index (Phi) is 6.03. The molecular formula is C29H27N9O2. The van der Waals surface area contributed by atoms with Gasteiger partial charge in [0.2, 0.25) is 11.8 Å². The highest BCUT2D eigenvalue weighted by atomic mass is 16.5. The second kappa shape index (κ2) is 9.70. The number of methoxy groups -OCH3 is 1. The van der Waals surface area contributed by atoms with Crippen LogP contribution >= 0.6 is 0 Å². The maximum Gasteiger partial charge on any atom is 0.250 e. The van der Waals surface area contributed by atoms with Crippen LogP contribution in [0.3, 0.4) is 0 Å². The molecule has 4 N–H and O–H groups in total. The third-order valence-corrected chi connectivity index (χ3v) is 6.94. The quantitative estimate of drug-likeness (QED) is 0.265. The summed E-state index contributed by atoms with van der Waals surface area (Å²) in [6.07, 6.45) is 0. The highest BCUT2D eigenvalue weighted by Crippen LogP contribution is 2.30. The van der Waals surface area contributed by atoms with Gasteiger partial charge in [-0.3, -0.25) is 9.48 Å². The first-order valence-corrected chi connectivity index (χ1v) is 12.6. The predicted molar refractivity (Wildman–Crippen MR) is 155 cm³/mol. The number of anilines is 4. The molecule has 0 fully saturated rings. The number of nitrogens with two attached hydrogens (primary N) is 1. The number of aromatic nitrogens is 6. The highest BCUT2D eigenvalue weighted by Gasteiger charge is 2.15. The molecule has 0 saturated heterocycles. The zero-order chi connectivity index (χ0) is 28.0. The molecule has 3 aromatic carbocycles. The zero-order valence-corrected chi connectivity index (χ0v) is 22.4. The van der Waals surface area contributed by atoms with Crippen molar-refractivity contribution in [2.45, 2.75) is 6.92 Å². The van der Waals surface area contributed by atoms with Crippen LogP contribution in [-0.2, 0) is 7.05 Å². The minimum absolute atomic E-state index is 0.379. The molecule has 11 heteroatoms. The number of fused-ring (bicyclic) bond motifs is 2. The Morgan fingerprint density at radius 1 is 1.05 bits per heavy atom. The van der Waals surface area contributed by atoms with E-state index in [0.717, 1.165) is 39.1 Å². The molecule has 3 aromatic heterocycles. The van der Waals surface area contributed by atoms with Crippen LogP contribution in [0.25, 0.3) is 33.3 Å². The molecule has 0 spiro atoms. The normalized spacial score (nSPS) is 11.2. The molecule has 0 aliphatic heterocycles. The number of primary amides is 1. The molecular weight excluding hydrogens is 506 g/mol. The van der Waals surface area contributed by atoms with Gasteiger partial charge in [0.1, 0.15) is 17.2 Å². The second-order valence-corrected chi connectivity index (χ2v) is 9.42. The smallest absolute Gasteiger partial charge is 0.250 e. The van der Waals surface area contributed by atoms with Gasteiger partial charge in [-0.25, -0.2) is 4.98 Å². The van der Waals surface area contributed by atoms with E-state index < -0.39 is 5.91 Å². The summed E-state index contributed by atoms with van der Waals surface area (Å²) in [5, 5.41) is 8.97. The van der Waals surface area contributed by atoms with Crippen LogP contribution < -0.4 is 20.7 Å². The number of amides is 1. The van der Waals surface area contributed by atoms with Gasteiger partial charge in [0.05, 0.1) is 23.7 Å². The van der Waals surface area contributed by atoms with Crippen LogP contribution in [0.2, 0.25) is 0 Å². The average Bonchev–Trinajstić information content (AvgIpc) is 3.52. The van der Waals surface area contributed by atoms with Gasteiger partial charge in [0.25, 0.3) is 5.91 Å². The Labute approximate surface area is 229 Å². The molecule has 0 aliphatic carbocycles. The number of imidazole rings is 1. The van der Waals surface area contributed by atoms with E-state index in [9.17, 15) is 4.79 Å². The fourth-order valence-corrected chi connectivity index (χ4v) is 4.61. The molecule has 3 heterocycles. The summed E-state index contributed by atoms with van der Waals surface area (Å²) >= 11 is 0.